The van der Waals surface area contributed by atoms with E-state index in [2.05, 4.69) is 29.2 Å². The van der Waals surface area contributed by atoms with Gasteiger partial charge in [0.15, 0.2) is 0 Å². The maximum atomic E-state index is 12.2. The van der Waals surface area contributed by atoms with Gasteiger partial charge in [0.2, 0.25) is 0 Å². The van der Waals surface area contributed by atoms with Gasteiger partial charge in [0, 0.05) is 19.1 Å². The van der Waals surface area contributed by atoms with Crippen molar-refractivity contribution in [2.24, 2.45) is 5.92 Å². The van der Waals surface area contributed by atoms with Crippen molar-refractivity contribution in [3.05, 3.63) is 21.6 Å². The number of rotatable bonds is 5. The molecule has 0 amide bonds. The molecule has 0 unspecified atom stereocenters. The van der Waals surface area contributed by atoms with Crippen LogP contribution < -0.4 is 15.8 Å². The molecule has 1 aromatic rings. The number of hydrogen-bond acceptors (Lipinski definition) is 4. The van der Waals surface area contributed by atoms with E-state index in [1.807, 2.05) is 6.92 Å². The molecular formula is C15H25ClN4O. The van der Waals surface area contributed by atoms with Crippen molar-refractivity contribution in [1.82, 2.24) is 15.1 Å². The Bertz CT molecular complexity index is 523. The fourth-order valence-electron chi connectivity index (χ4n) is 2.81. The molecule has 1 saturated heterocycles. The second-order valence-electron chi connectivity index (χ2n) is 5.90. The molecule has 1 N–H and O–H groups in total. The van der Waals surface area contributed by atoms with Gasteiger partial charge in [-0.3, -0.25) is 4.79 Å². The second kappa shape index (κ2) is 7.27. The van der Waals surface area contributed by atoms with Crippen LogP contribution in [0, 0.1) is 5.92 Å². The molecule has 1 aliphatic heterocycles. The van der Waals surface area contributed by atoms with Crippen LogP contribution in [0.25, 0.3) is 0 Å². The molecule has 0 atom stereocenters. The minimum atomic E-state index is -0.201. The van der Waals surface area contributed by atoms with Gasteiger partial charge in [-0.05, 0) is 52.6 Å². The summed E-state index contributed by atoms with van der Waals surface area (Å²) in [7, 11) is 0. The Morgan fingerprint density at radius 3 is 2.71 bits per heavy atom. The summed E-state index contributed by atoms with van der Waals surface area (Å²) >= 11 is 6.31. The molecule has 2 rings (SSSR count). The first-order valence-corrected chi connectivity index (χ1v) is 8.15. The van der Waals surface area contributed by atoms with E-state index >= 15 is 0 Å². The van der Waals surface area contributed by atoms with E-state index in [0.29, 0.717) is 12.5 Å². The molecule has 6 heteroatoms. The average molecular weight is 313 g/mol. The molecule has 5 nitrogen and oxygen atoms in total. The largest absolute Gasteiger partial charge is 0.366 e. The third-order valence-corrected chi connectivity index (χ3v) is 4.47. The Hall–Kier alpha value is -1.07. The molecule has 1 fully saturated rings. The molecular weight excluding hydrogens is 288 g/mol. The van der Waals surface area contributed by atoms with Crippen molar-refractivity contribution >= 4 is 17.3 Å². The van der Waals surface area contributed by atoms with Crippen molar-refractivity contribution < 1.29 is 0 Å². The predicted octanol–water partition coefficient (Wildman–Crippen LogP) is 2.13. The molecule has 2 heterocycles. The molecule has 0 saturated carbocycles. The van der Waals surface area contributed by atoms with Gasteiger partial charge < -0.3 is 10.2 Å². The summed E-state index contributed by atoms with van der Waals surface area (Å²) in [5, 5.41) is 7.89. The van der Waals surface area contributed by atoms with Crippen molar-refractivity contribution in [3.8, 4) is 0 Å². The van der Waals surface area contributed by atoms with Gasteiger partial charge >= 0.3 is 0 Å². The predicted molar refractivity (Wildman–Crippen MR) is 87.3 cm³/mol. The number of aryl methyl sites for hydroxylation is 1. The van der Waals surface area contributed by atoms with Crippen molar-refractivity contribution in [2.75, 3.05) is 24.5 Å². The van der Waals surface area contributed by atoms with Gasteiger partial charge in [-0.25, -0.2) is 4.68 Å². The van der Waals surface area contributed by atoms with E-state index in [4.69, 9.17) is 11.6 Å². The zero-order chi connectivity index (χ0) is 15.4. The highest BCUT2D eigenvalue weighted by Gasteiger charge is 2.22. The van der Waals surface area contributed by atoms with Crippen LogP contribution in [-0.2, 0) is 6.54 Å². The van der Waals surface area contributed by atoms with Gasteiger partial charge in [0.25, 0.3) is 5.56 Å². The summed E-state index contributed by atoms with van der Waals surface area (Å²) in [5.41, 5.74) is 0.563. The van der Waals surface area contributed by atoms with Crippen LogP contribution in [0.3, 0.4) is 0 Å². The van der Waals surface area contributed by atoms with E-state index in [9.17, 15) is 4.79 Å². The number of anilines is 1. The molecule has 0 radical (unpaired) electrons. The fourth-order valence-corrected chi connectivity index (χ4v) is 3.07. The SMILES string of the molecule is CCn1ncc(N(CC2CCNCC2)C(C)C)c(Cl)c1=O. The topological polar surface area (TPSA) is 50.2 Å². The number of nitrogens with zero attached hydrogens (tertiary/aromatic N) is 3. The van der Waals surface area contributed by atoms with E-state index in [1.54, 1.807) is 6.20 Å². The summed E-state index contributed by atoms with van der Waals surface area (Å²) in [4.78, 5) is 14.4. The van der Waals surface area contributed by atoms with Crippen molar-refractivity contribution in [3.63, 3.8) is 0 Å². The highest BCUT2D eigenvalue weighted by molar-refractivity contribution is 6.33. The number of aromatic nitrogens is 2. The summed E-state index contributed by atoms with van der Waals surface area (Å²) < 4.78 is 1.40. The second-order valence-corrected chi connectivity index (χ2v) is 6.28. The zero-order valence-corrected chi connectivity index (χ0v) is 13.9. The quantitative estimate of drug-likeness (QED) is 0.905. The van der Waals surface area contributed by atoms with E-state index in [-0.39, 0.29) is 16.6 Å². The minimum Gasteiger partial charge on any atom is -0.366 e. The van der Waals surface area contributed by atoms with Crippen LogP contribution in [0.2, 0.25) is 5.02 Å². The number of piperidine rings is 1. The first-order chi connectivity index (χ1) is 10.0. The summed E-state index contributed by atoms with van der Waals surface area (Å²) in [5.74, 6) is 0.637. The fraction of sp³-hybridized carbons (Fsp3) is 0.733. The van der Waals surface area contributed by atoms with Gasteiger partial charge in [-0.1, -0.05) is 11.6 Å². The lowest BCUT2D eigenvalue weighted by Crippen LogP contribution is -2.40. The molecule has 0 aromatic carbocycles. The van der Waals surface area contributed by atoms with Crippen LogP contribution in [-0.4, -0.2) is 35.5 Å². The lowest BCUT2D eigenvalue weighted by atomic mass is 9.97. The summed E-state index contributed by atoms with van der Waals surface area (Å²) in [6, 6.07) is 0.288. The number of hydrogen-bond donors (Lipinski definition) is 1. The summed E-state index contributed by atoms with van der Waals surface area (Å²) in [6.45, 7) is 9.75. The highest BCUT2D eigenvalue weighted by Crippen LogP contribution is 2.26. The van der Waals surface area contributed by atoms with Crippen LogP contribution in [0.15, 0.2) is 11.0 Å². The van der Waals surface area contributed by atoms with Crippen LogP contribution in [0.1, 0.15) is 33.6 Å². The Balaban J connectivity index is 2.25. The molecule has 21 heavy (non-hydrogen) atoms. The van der Waals surface area contributed by atoms with Gasteiger partial charge in [-0.15, -0.1) is 0 Å². The Morgan fingerprint density at radius 2 is 2.14 bits per heavy atom. The normalized spacial score (nSPS) is 16.4. The Morgan fingerprint density at radius 1 is 1.48 bits per heavy atom. The third kappa shape index (κ3) is 3.77. The van der Waals surface area contributed by atoms with Crippen molar-refractivity contribution in [2.45, 2.75) is 46.2 Å². The maximum Gasteiger partial charge on any atom is 0.287 e. The highest BCUT2D eigenvalue weighted by atomic mass is 35.5. The first kappa shape index (κ1) is 16.3. The van der Waals surface area contributed by atoms with E-state index in [1.165, 1.54) is 17.5 Å². The minimum absolute atomic E-state index is 0.201. The Kier molecular flexibility index (Phi) is 5.65. The zero-order valence-electron chi connectivity index (χ0n) is 13.1. The van der Waals surface area contributed by atoms with Gasteiger partial charge in [0.1, 0.15) is 5.02 Å². The standard InChI is InChI=1S/C15H25ClN4O/c1-4-20-15(21)14(16)13(9-18-20)19(11(2)3)10-12-5-7-17-8-6-12/h9,11-12,17H,4-8,10H2,1-3H3. The summed E-state index contributed by atoms with van der Waals surface area (Å²) in [6.07, 6.45) is 4.06. The maximum absolute atomic E-state index is 12.2. The molecule has 1 aliphatic rings. The third-order valence-electron chi connectivity index (χ3n) is 4.11. The lowest BCUT2D eigenvalue weighted by molar-refractivity contribution is 0.367. The molecule has 0 spiro atoms. The number of nitrogens with one attached hydrogen (secondary N) is 1. The molecule has 118 valence electrons. The van der Waals surface area contributed by atoms with Gasteiger partial charge in [-0.2, -0.15) is 5.10 Å². The van der Waals surface area contributed by atoms with E-state index in [0.717, 1.165) is 25.3 Å². The van der Waals surface area contributed by atoms with Crippen LogP contribution in [0.4, 0.5) is 5.69 Å². The lowest BCUT2D eigenvalue weighted by Gasteiger charge is -2.34. The van der Waals surface area contributed by atoms with Crippen LogP contribution >= 0.6 is 11.6 Å². The van der Waals surface area contributed by atoms with Crippen molar-refractivity contribution in [1.29, 1.82) is 0 Å². The molecule has 0 bridgehead atoms. The first-order valence-electron chi connectivity index (χ1n) is 7.77. The Labute approximate surface area is 131 Å². The molecule has 1 aromatic heterocycles. The van der Waals surface area contributed by atoms with Gasteiger partial charge in [0.05, 0.1) is 11.9 Å². The van der Waals surface area contributed by atoms with E-state index < -0.39 is 0 Å². The van der Waals surface area contributed by atoms with Crippen LogP contribution in [0.5, 0.6) is 0 Å². The smallest absolute Gasteiger partial charge is 0.287 e. The average Bonchev–Trinajstić information content (AvgIpc) is 2.49. The monoisotopic (exact) mass is 312 g/mol. The number of halogens is 1. The molecule has 0 aliphatic carbocycles.